The van der Waals surface area contributed by atoms with Crippen LogP contribution in [0.1, 0.15) is 19.8 Å². The summed E-state index contributed by atoms with van der Waals surface area (Å²) in [5.74, 6) is 2.39. The van der Waals surface area contributed by atoms with Crippen LogP contribution in [0.3, 0.4) is 0 Å². The van der Waals surface area contributed by atoms with Crippen molar-refractivity contribution in [3.63, 3.8) is 0 Å². The van der Waals surface area contributed by atoms with E-state index in [1.54, 1.807) is 6.08 Å². The molecule has 0 aromatic carbocycles. The smallest absolute Gasteiger partial charge is 0.0645 e. The van der Waals surface area contributed by atoms with Crippen molar-refractivity contribution in [2.24, 2.45) is 0 Å². The average Bonchev–Trinajstić information content (AvgIpc) is 2.03. The molecular formula is C9H18OS. The van der Waals surface area contributed by atoms with Gasteiger partial charge in [0.15, 0.2) is 0 Å². The van der Waals surface area contributed by atoms with Crippen LogP contribution in [0.25, 0.3) is 0 Å². The Hall–Kier alpha value is 0.0500. The molecule has 0 aliphatic heterocycles. The molecule has 0 unspecified atom stereocenters. The van der Waals surface area contributed by atoms with Crippen LogP contribution in [-0.4, -0.2) is 24.7 Å². The number of unbranched alkanes of at least 4 members (excludes halogenated alkanes) is 1. The summed E-state index contributed by atoms with van der Waals surface area (Å²) in [6, 6.07) is 0. The topological polar surface area (TPSA) is 9.23 Å². The third-order valence-corrected chi connectivity index (χ3v) is 2.28. The van der Waals surface area contributed by atoms with E-state index < -0.39 is 0 Å². The molecule has 2 heteroatoms. The highest BCUT2D eigenvalue weighted by molar-refractivity contribution is 7.99. The van der Waals surface area contributed by atoms with E-state index in [1.165, 1.54) is 18.6 Å². The van der Waals surface area contributed by atoms with E-state index in [2.05, 4.69) is 13.5 Å². The van der Waals surface area contributed by atoms with Gasteiger partial charge in [0.25, 0.3) is 0 Å². The van der Waals surface area contributed by atoms with E-state index >= 15 is 0 Å². The van der Waals surface area contributed by atoms with Crippen molar-refractivity contribution < 1.29 is 4.74 Å². The summed E-state index contributed by atoms with van der Waals surface area (Å²) in [5, 5.41) is 0. The van der Waals surface area contributed by atoms with Crippen LogP contribution in [-0.2, 0) is 4.74 Å². The zero-order valence-corrected chi connectivity index (χ0v) is 8.16. The molecule has 0 fully saturated rings. The Balaban J connectivity index is 2.74. The lowest BCUT2D eigenvalue weighted by Crippen LogP contribution is -1.97. The first kappa shape index (κ1) is 11.1. The molecule has 0 bridgehead atoms. The summed E-state index contributed by atoms with van der Waals surface area (Å²) >= 11 is 1.97. The molecule has 0 N–H and O–H groups in total. The number of thioether (sulfide) groups is 1. The van der Waals surface area contributed by atoms with Crippen molar-refractivity contribution in [1.82, 2.24) is 0 Å². The third kappa shape index (κ3) is 10.1. The van der Waals surface area contributed by atoms with Crippen LogP contribution in [0.15, 0.2) is 12.7 Å². The second-order valence-corrected chi connectivity index (χ2v) is 3.55. The van der Waals surface area contributed by atoms with E-state index in [-0.39, 0.29) is 0 Å². The van der Waals surface area contributed by atoms with Crippen LogP contribution >= 0.6 is 11.8 Å². The third-order valence-electron chi connectivity index (χ3n) is 1.25. The molecule has 11 heavy (non-hydrogen) atoms. The van der Waals surface area contributed by atoms with Gasteiger partial charge in [-0.05, 0) is 12.2 Å². The average molecular weight is 174 g/mol. The summed E-state index contributed by atoms with van der Waals surface area (Å²) in [5.41, 5.74) is 0. The Bertz CT molecular complexity index is 83.6. The Kier molecular flexibility index (Phi) is 10.1. The Morgan fingerprint density at radius 2 is 2.27 bits per heavy atom. The molecule has 0 amide bonds. The van der Waals surface area contributed by atoms with Crippen LogP contribution in [0.5, 0.6) is 0 Å². The minimum atomic E-state index is 0.689. The molecular weight excluding hydrogens is 156 g/mol. The highest BCUT2D eigenvalue weighted by Crippen LogP contribution is 2.03. The first-order valence-electron chi connectivity index (χ1n) is 4.18. The number of rotatable bonds is 8. The van der Waals surface area contributed by atoms with Gasteiger partial charge in [-0.2, -0.15) is 11.8 Å². The Labute approximate surface area is 74.2 Å². The van der Waals surface area contributed by atoms with Gasteiger partial charge in [-0.25, -0.2) is 0 Å². The van der Waals surface area contributed by atoms with Gasteiger partial charge < -0.3 is 4.74 Å². The van der Waals surface area contributed by atoms with Crippen molar-refractivity contribution in [1.29, 1.82) is 0 Å². The number of hydrogen-bond donors (Lipinski definition) is 0. The molecule has 0 radical (unpaired) electrons. The molecule has 66 valence electrons. The summed E-state index contributed by atoms with van der Waals surface area (Å²) in [6.07, 6.45) is 4.41. The monoisotopic (exact) mass is 174 g/mol. The van der Waals surface area contributed by atoms with Crippen molar-refractivity contribution in [2.45, 2.75) is 19.8 Å². The summed E-state index contributed by atoms with van der Waals surface area (Å²) in [7, 11) is 0. The molecule has 0 atom stereocenters. The number of ether oxygens (including phenoxy) is 1. The first-order chi connectivity index (χ1) is 5.41. The molecule has 0 aromatic rings. The predicted octanol–water partition coefficient (Wildman–Crippen LogP) is 2.72. The van der Waals surface area contributed by atoms with E-state index in [0.29, 0.717) is 6.61 Å². The van der Waals surface area contributed by atoms with Crippen molar-refractivity contribution in [3.8, 4) is 0 Å². The van der Waals surface area contributed by atoms with E-state index in [9.17, 15) is 0 Å². The zero-order chi connectivity index (χ0) is 8.36. The highest BCUT2D eigenvalue weighted by Gasteiger charge is 1.87. The van der Waals surface area contributed by atoms with Gasteiger partial charge in [-0.1, -0.05) is 19.4 Å². The zero-order valence-electron chi connectivity index (χ0n) is 7.34. The van der Waals surface area contributed by atoms with Gasteiger partial charge in [-0.15, -0.1) is 6.58 Å². The molecule has 0 saturated heterocycles. The Morgan fingerprint density at radius 3 is 2.91 bits per heavy atom. The van der Waals surface area contributed by atoms with E-state index in [0.717, 1.165) is 12.4 Å². The lowest BCUT2D eigenvalue weighted by atomic mass is 10.4. The fraction of sp³-hybridized carbons (Fsp3) is 0.778. The molecule has 0 heterocycles. The fourth-order valence-corrected chi connectivity index (χ4v) is 1.57. The van der Waals surface area contributed by atoms with Crippen LogP contribution in [0.2, 0.25) is 0 Å². The maximum absolute atomic E-state index is 5.22. The number of hydrogen-bond acceptors (Lipinski definition) is 2. The van der Waals surface area contributed by atoms with Crippen molar-refractivity contribution in [2.75, 3.05) is 24.7 Å². The molecule has 0 spiro atoms. The van der Waals surface area contributed by atoms with Gasteiger partial charge in [0.2, 0.25) is 0 Å². The SMILES string of the molecule is C=CCOCCSCCCC. The highest BCUT2D eigenvalue weighted by atomic mass is 32.2. The molecule has 0 aliphatic carbocycles. The fourth-order valence-electron chi connectivity index (χ4n) is 0.633. The normalized spacial score (nSPS) is 9.91. The van der Waals surface area contributed by atoms with E-state index in [1.807, 2.05) is 11.8 Å². The molecule has 1 nitrogen and oxygen atoms in total. The van der Waals surface area contributed by atoms with Crippen molar-refractivity contribution in [3.05, 3.63) is 12.7 Å². The van der Waals surface area contributed by atoms with Gasteiger partial charge in [-0.3, -0.25) is 0 Å². The van der Waals surface area contributed by atoms with Gasteiger partial charge in [0.1, 0.15) is 0 Å². The van der Waals surface area contributed by atoms with Crippen LogP contribution < -0.4 is 0 Å². The lowest BCUT2D eigenvalue weighted by Gasteiger charge is -2.00. The molecule has 0 aromatic heterocycles. The predicted molar refractivity (Wildman–Crippen MR) is 53.2 cm³/mol. The quantitative estimate of drug-likeness (QED) is 0.413. The van der Waals surface area contributed by atoms with Crippen LogP contribution in [0.4, 0.5) is 0 Å². The lowest BCUT2D eigenvalue weighted by molar-refractivity contribution is 0.180. The maximum atomic E-state index is 5.22. The summed E-state index contributed by atoms with van der Waals surface area (Å²) in [4.78, 5) is 0. The largest absolute Gasteiger partial charge is 0.377 e. The standard InChI is InChI=1S/C9H18OS/c1-3-5-8-11-9-7-10-6-4-2/h4H,2-3,5-9H2,1H3. The molecule has 0 aliphatic rings. The van der Waals surface area contributed by atoms with Gasteiger partial charge in [0, 0.05) is 5.75 Å². The second-order valence-electron chi connectivity index (χ2n) is 2.33. The molecule has 0 rings (SSSR count). The van der Waals surface area contributed by atoms with Gasteiger partial charge >= 0.3 is 0 Å². The second kappa shape index (κ2) is 10.0. The minimum absolute atomic E-state index is 0.689. The summed E-state index contributed by atoms with van der Waals surface area (Å²) < 4.78 is 5.22. The molecule has 0 saturated carbocycles. The first-order valence-corrected chi connectivity index (χ1v) is 5.33. The van der Waals surface area contributed by atoms with Gasteiger partial charge in [0.05, 0.1) is 13.2 Å². The maximum Gasteiger partial charge on any atom is 0.0645 e. The van der Waals surface area contributed by atoms with E-state index in [4.69, 9.17) is 4.74 Å². The minimum Gasteiger partial charge on any atom is -0.377 e. The Morgan fingerprint density at radius 1 is 1.45 bits per heavy atom. The van der Waals surface area contributed by atoms with Crippen molar-refractivity contribution >= 4 is 11.8 Å². The summed E-state index contributed by atoms with van der Waals surface area (Å²) in [6.45, 7) is 7.34. The van der Waals surface area contributed by atoms with Crippen LogP contribution in [0, 0.1) is 0 Å².